The van der Waals surface area contributed by atoms with E-state index >= 15 is 0 Å². The van der Waals surface area contributed by atoms with Gasteiger partial charge in [-0.3, -0.25) is 0 Å². The van der Waals surface area contributed by atoms with Gasteiger partial charge in [-0.15, -0.1) is 5.82 Å². The van der Waals surface area contributed by atoms with E-state index in [-0.39, 0.29) is 456 Å². The van der Waals surface area contributed by atoms with Crippen molar-refractivity contribution in [2.24, 2.45) is 0 Å². The zero-order chi connectivity index (χ0) is 23.8. The molecule has 0 aliphatic rings. The number of aromatic nitrogens is 12. The summed E-state index contributed by atoms with van der Waals surface area (Å²) in [4.78, 5) is 49.4. The zero-order valence-corrected chi connectivity index (χ0v) is 62.6. The van der Waals surface area contributed by atoms with Crippen LogP contribution in [0.25, 0.3) is 0 Å². The Labute approximate surface area is 602 Å². The molecule has 0 saturated carbocycles. The molecule has 2 atom stereocenters. The predicted molar refractivity (Wildman–Crippen MR) is 108 cm³/mol. The summed E-state index contributed by atoms with van der Waals surface area (Å²) in [6.45, 7) is 1.94. The number of rotatable bonds is 10. The molecule has 1 N–H and O–H groups in total. The zero-order valence-electron chi connectivity index (χ0n) is 25.7. The van der Waals surface area contributed by atoms with E-state index in [1.165, 1.54) is 7.11 Å². The van der Waals surface area contributed by atoms with E-state index in [1.54, 1.807) is 6.92 Å². The van der Waals surface area contributed by atoms with Crippen LogP contribution in [0.2, 0.25) is 0 Å². The van der Waals surface area contributed by atoms with E-state index in [0.29, 0.717) is 36.1 Å². The van der Waals surface area contributed by atoms with Gasteiger partial charge in [0.25, 0.3) is 0 Å². The van der Waals surface area contributed by atoms with Crippen molar-refractivity contribution in [1.82, 2.24) is 59.8 Å². The van der Waals surface area contributed by atoms with Gasteiger partial charge in [0.15, 0.2) is 0 Å². The Balaban J connectivity index is -0.000000132. The standard InChI is InChI=1S/C20H17N12O2.13Y/c1-12-22-9-28-19(30-12)17(18-26-7-21-8-27-18)20-29-11-25-16(32-20)5-15-24-10-23-14(31-15)4-3-13(33)6-34-2;;;;;;;;;;;;;/h13,17,33H,3-6H2,1-2H3;;;;;;;;;;;;;/q-5;;;;;;;;;;;;;. The number of aliphatic hydroxyl groups is 1. The minimum absolute atomic E-state index is 0. The summed E-state index contributed by atoms with van der Waals surface area (Å²) >= 11 is 0. The first-order chi connectivity index (χ1) is 16.6. The van der Waals surface area contributed by atoms with E-state index in [0.717, 1.165) is 0 Å². The molecule has 13 radical (unpaired) electrons. The Bertz CT molecular complexity index is 1250. The van der Waals surface area contributed by atoms with Crippen LogP contribution in [0.15, 0.2) is 0 Å². The second kappa shape index (κ2) is 49.0. The van der Waals surface area contributed by atoms with Gasteiger partial charge in [0.05, 0.1) is 12.7 Å². The number of nitrogens with zero attached hydrogens (tertiary/aromatic N) is 12. The topological polar surface area (TPSA) is 184 Å². The van der Waals surface area contributed by atoms with E-state index < -0.39 is 12.0 Å². The van der Waals surface area contributed by atoms with Gasteiger partial charge in [-0.1, -0.05) is 6.92 Å². The molecule has 14 nitrogen and oxygen atoms in total. The second-order valence-corrected chi connectivity index (χ2v) is 6.97. The maximum atomic E-state index is 9.83. The SMILES string of the molecule is COCC(O)CCc1n[c-]nc(Cc2n[c-]nc(C(c3n[c-]n[c-]n3)c3n[c-]nc(C)n3)n2)n1.[Y].[Y].[Y].[Y].[Y].[Y].[Y].[Y].[Y].[Y].[Y].[Y].[Y]. The summed E-state index contributed by atoms with van der Waals surface area (Å²) in [5.74, 6) is 1.70. The molecule has 4 aromatic heterocycles. The number of aliphatic hydroxyl groups excluding tert-OH is 1. The van der Waals surface area contributed by atoms with Gasteiger partial charge < -0.3 is 69.7 Å². The van der Waals surface area contributed by atoms with E-state index in [9.17, 15) is 5.11 Å². The van der Waals surface area contributed by atoms with Crippen molar-refractivity contribution in [3.63, 3.8) is 0 Å². The predicted octanol–water partition coefficient (Wildman–Crippen LogP) is -1.59. The van der Waals surface area contributed by atoms with Crippen LogP contribution in [0.1, 0.15) is 53.1 Å². The third kappa shape index (κ3) is 31.8. The maximum absolute atomic E-state index is 9.83. The first-order valence-electron chi connectivity index (χ1n) is 10.1. The van der Waals surface area contributed by atoms with Crippen molar-refractivity contribution in [3.05, 3.63) is 72.4 Å². The fourth-order valence-corrected chi connectivity index (χ4v) is 2.94. The molecule has 0 amide bonds. The van der Waals surface area contributed by atoms with Crippen LogP contribution in [0.3, 0.4) is 0 Å². The van der Waals surface area contributed by atoms with Crippen molar-refractivity contribution in [1.29, 1.82) is 0 Å². The third-order valence-electron chi connectivity index (χ3n) is 4.44. The number of hydrogen-bond donors (Lipinski definition) is 1. The van der Waals surface area contributed by atoms with Crippen LogP contribution >= 0.6 is 0 Å². The minimum Gasteiger partial charge on any atom is -0.505 e. The molecule has 4 rings (SSSR count). The first-order valence-corrected chi connectivity index (χ1v) is 10.1. The molecule has 0 saturated heterocycles. The molecule has 27 heteroatoms. The summed E-state index contributed by atoms with van der Waals surface area (Å²) in [5.41, 5.74) is 0. The van der Waals surface area contributed by atoms with Gasteiger partial charge in [-0.2, -0.15) is 12.7 Å². The summed E-state index contributed by atoms with van der Waals surface area (Å²) in [6, 6.07) is 0. The van der Waals surface area contributed by atoms with Crippen LogP contribution in [-0.4, -0.2) is 84.7 Å². The molecule has 0 aliphatic carbocycles. The average Bonchev–Trinajstić information content (AvgIpc) is 2.84. The van der Waals surface area contributed by atoms with Crippen molar-refractivity contribution in [2.75, 3.05) is 13.7 Å². The van der Waals surface area contributed by atoms with Gasteiger partial charge in [-0.25, -0.2) is 0 Å². The molecular weight excluding hydrogens is 1600 g/mol. The second-order valence-electron chi connectivity index (χ2n) is 6.97. The van der Waals surface area contributed by atoms with Crippen LogP contribution in [0.4, 0.5) is 0 Å². The molecule has 4 aromatic rings. The number of hydrogen-bond acceptors (Lipinski definition) is 14. The van der Waals surface area contributed by atoms with Crippen LogP contribution in [0, 0.1) is 38.6 Å². The molecule has 0 aliphatic heterocycles. The molecular formula is C20H17N12O2Y13-5. The molecule has 4 heterocycles. The third-order valence-corrected chi connectivity index (χ3v) is 4.44. The fourth-order valence-electron chi connectivity index (χ4n) is 2.94. The molecule has 0 bridgehead atoms. The Morgan fingerprint density at radius 1 is 0.553 bits per heavy atom. The van der Waals surface area contributed by atoms with Gasteiger partial charge in [0.2, 0.25) is 0 Å². The fraction of sp³-hybridized carbons (Fsp3) is 0.400. The van der Waals surface area contributed by atoms with E-state index in [2.05, 4.69) is 91.4 Å². The van der Waals surface area contributed by atoms with Crippen LogP contribution < -0.4 is 0 Å². The minimum atomic E-state index is -0.769. The average molecular weight is 1610 g/mol. The van der Waals surface area contributed by atoms with E-state index in [4.69, 9.17) is 4.74 Å². The Kier molecular flexibility index (Phi) is 84.6. The van der Waals surface area contributed by atoms with Crippen molar-refractivity contribution in [3.8, 4) is 0 Å². The molecule has 2 unspecified atom stereocenters. The number of aryl methyl sites for hydroxylation is 2. The normalized spacial score (nSPS) is 9.34. The van der Waals surface area contributed by atoms with Crippen LogP contribution in [0.5, 0.6) is 0 Å². The number of methoxy groups -OCH3 is 1. The monoisotopic (exact) mass is 1610 g/mol. The molecule has 0 spiro atoms. The van der Waals surface area contributed by atoms with Crippen LogP contribution in [-0.2, 0) is 443 Å². The molecule has 47 heavy (non-hydrogen) atoms. The van der Waals surface area contributed by atoms with E-state index in [1.807, 2.05) is 0 Å². The van der Waals surface area contributed by atoms with Gasteiger partial charge in [0.1, 0.15) is 0 Å². The maximum Gasteiger partial charge on any atom is 0.0768 e. The molecule has 213 valence electrons. The Morgan fingerprint density at radius 3 is 1.53 bits per heavy atom. The Morgan fingerprint density at radius 2 is 1.00 bits per heavy atom. The van der Waals surface area contributed by atoms with Gasteiger partial charge in [0, 0.05) is 486 Å². The number of ether oxygens (including phenoxy) is 1. The quantitative estimate of drug-likeness (QED) is 0.180. The van der Waals surface area contributed by atoms with Gasteiger partial charge in [-0.05, 0) is 25.2 Å². The largest absolute Gasteiger partial charge is 0.505 e. The summed E-state index contributed by atoms with van der Waals surface area (Å²) in [6.07, 6.45) is 13.1. The van der Waals surface area contributed by atoms with Crippen molar-refractivity contribution >= 4 is 0 Å². The summed E-state index contributed by atoms with van der Waals surface area (Å²) in [7, 11) is 1.53. The van der Waals surface area contributed by atoms with Crippen molar-refractivity contribution < 1.29 is 435 Å². The molecule has 0 fully saturated rings. The first kappa shape index (κ1) is 81.2. The van der Waals surface area contributed by atoms with Gasteiger partial charge >= 0.3 is 0 Å². The smallest absolute Gasteiger partial charge is 0.0768 e. The summed E-state index contributed by atoms with van der Waals surface area (Å²) < 4.78 is 4.93. The summed E-state index contributed by atoms with van der Waals surface area (Å²) in [5, 5.41) is 9.83. The Hall–Kier alpha value is 10.3. The van der Waals surface area contributed by atoms with Crippen molar-refractivity contribution in [2.45, 2.75) is 38.2 Å². The molecule has 0 aromatic carbocycles.